The van der Waals surface area contributed by atoms with Crippen molar-refractivity contribution in [1.82, 2.24) is 0 Å². The number of nitrogens with zero attached hydrogens (tertiary/aromatic N) is 1. The molecule has 0 amide bonds. The summed E-state index contributed by atoms with van der Waals surface area (Å²) in [5, 5.41) is 8.83. The van der Waals surface area contributed by atoms with E-state index >= 15 is 0 Å². The minimum Gasteiger partial charge on any atom is -0.198 e. The van der Waals surface area contributed by atoms with Crippen molar-refractivity contribution in [3.63, 3.8) is 0 Å². The number of allylic oxidation sites excluding steroid dienone is 4. The third-order valence-corrected chi connectivity index (χ3v) is 2.44. The lowest BCUT2D eigenvalue weighted by Crippen LogP contribution is -2.15. The molecule has 13 heavy (non-hydrogen) atoms. The van der Waals surface area contributed by atoms with E-state index < -0.39 is 0 Å². The minimum absolute atomic E-state index is 0.0583. The molecule has 1 aliphatic rings. The summed E-state index contributed by atoms with van der Waals surface area (Å²) in [5.74, 6) is 0.0583. The number of hydrogen-bond acceptors (Lipinski definition) is 1. The molecule has 1 nitrogen and oxygen atoms in total. The van der Waals surface area contributed by atoms with Gasteiger partial charge in [-0.3, -0.25) is 0 Å². The second-order valence-corrected chi connectivity index (χ2v) is 4.62. The predicted molar refractivity (Wildman–Crippen MR) is 55.0 cm³/mol. The second kappa shape index (κ2) is 3.38. The standard InChI is InChI=1S/C12H17N/c1-9-5-11(10(2)8-13)7-12(3,4)6-9/h5-6,10H,7H2,1-4H3. The summed E-state index contributed by atoms with van der Waals surface area (Å²) in [6, 6.07) is 2.30. The molecule has 1 heteroatoms. The molecule has 0 N–H and O–H groups in total. The zero-order valence-corrected chi connectivity index (χ0v) is 8.89. The molecule has 0 radical (unpaired) electrons. The van der Waals surface area contributed by atoms with Crippen molar-refractivity contribution in [1.29, 1.82) is 5.26 Å². The summed E-state index contributed by atoms with van der Waals surface area (Å²) in [7, 11) is 0. The van der Waals surface area contributed by atoms with Crippen LogP contribution in [0.2, 0.25) is 0 Å². The normalized spacial score (nSPS) is 22.7. The lowest BCUT2D eigenvalue weighted by atomic mass is 9.77. The van der Waals surface area contributed by atoms with Crippen LogP contribution < -0.4 is 0 Å². The predicted octanol–water partition coefficient (Wildman–Crippen LogP) is 3.45. The van der Waals surface area contributed by atoms with E-state index in [1.807, 2.05) is 6.92 Å². The molecule has 0 saturated heterocycles. The molecular formula is C12H17N. The number of nitriles is 1. The largest absolute Gasteiger partial charge is 0.198 e. The molecule has 0 heterocycles. The van der Waals surface area contributed by atoms with Crippen LogP contribution >= 0.6 is 0 Å². The van der Waals surface area contributed by atoms with E-state index in [2.05, 4.69) is 39.0 Å². The number of rotatable bonds is 1. The van der Waals surface area contributed by atoms with Crippen LogP contribution in [0.25, 0.3) is 0 Å². The fourth-order valence-electron chi connectivity index (χ4n) is 1.94. The molecular weight excluding hydrogens is 158 g/mol. The average Bonchev–Trinajstić information content (AvgIpc) is 1.99. The summed E-state index contributed by atoms with van der Waals surface area (Å²) in [6.45, 7) is 8.51. The molecule has 70 valence electrons. The summed E-state index contributed by atoms with van der Waals surface area (Å²) in [5.41, 5.74) is 2.78. The summed E-state index contributed by atoms with van der Waals surface area (Å²) >= 11 is 0. The summed E-state index contributed by atoms with van der Waals surface area (Å²) in [4.78, 5) is 0. The first-order chi connectivity index (χ1) is 5.94. The molecule has 0 fully saturated rings. The maximum absolute atomic E-state index is 8.83. The Morgan fingerprint density at radius 1 is 1.54 bits per heavy atom. The topological polar surface area (TPSA) is 23.8 Å². The van der Waals surface area contributed by atoms with Crippen molar-refractivity contribution >= 4 is 0 Å². The van der Waals surface area contributed by atoms with Crippen LogP contribution in [0.4, 0.5) is 0 Å². The zero-order chi connectivity index (χ0) is 10.1. The SMILES string of the molecule is CC1=CC(C)(C)CC(C(C)C#N)=C1. The maximum atomic E-state index is 8.83. The van der Waals surface area contributed by atoms with Gasteiger partial charge in [-0.2, -0.15) is 5.26 Å². The molecule has 1 atom stereocenters. The van der Waals surface area contributed by atoms with E-state index in [4.69, 9.17) is 5.26 Å². The van der Waals surface area contributed by atoms with Gasteiger partial charge in [0.15, 0.2) is 0 Å². The van der Waals surface area contributed by atoms with Gasteiger partial charge < -0.3 is 0 Å². The molecule has 0 bridgehead atoms. The maximum Gasteiger partial charge on any atom is 0.0697 e. The van der Waals surface area contributed by atoms with E-state index in [1.54, 1.807) is 0 Å². The monoisotopic (exact) mass is 175 g/mol. The van der Waals surface area contributed by atoms with Gasteiger partial charge in [0.05, 0.1) is 12.0 Å². The van der Waals surface area contributed by atoms with Crippen LogP contribution in [0.5, 0.6) is 0 Å². The Kier molecular flexibility index (Phi) is 2.61. The van der Waals surface area contributed by atoms with Gasteiger partial charge in [0.25, 0.3) is 0 Å². The van der Waals surface area contributed by atoms with Crippen molar-refractivity contribution < 1.29 is 0 Å². The van der Waals surface area contributed by atoms with E-state index in [0.29, 0.717) is 0 Å². The van der Waals surface area contributed by atoms with Crippen LogP contribution in [0, 0.1) is 22.7 Å². The molecule has 0 aromatic rings. The molecule has 1 unspecified atom stereocenters. The van der Waals surface area contributed by atoms with E-state index in [9.17, 15) is 0 Å². The Morgan fingerprint density at radius 3 is 2.62 bits per heavy atom. The molecule has 1 rings (SSSR count). The first-order valence-electron chi connectivity index (χ1n) is 4.74. The van der Waals surface area contributed by atoms with Crippen LogP contribution in [-0.2, 0) is 0 Å². The number of hydrogen-bond donors (Lipinski definition) is 0. The summed E-state index contributed by atoms with van der Waals surface area (Å²) in [6.07, 6.45) is 5.44. The van der Waals surface area contributed by atoms with Gasteiger partial charge in [0.1, 0.15) is 0 Å². The van der Waals surface area contributed by atoms with Crippen LogP contribution in [-0.4, -0.2) is 0 Å². The Bertz CT molecular complexity index is 300. The first-order valence-corrected chi connectivity index (χ1v) is 4.74. The van der Waals surface area contributed by atoms with Gasteiger partial charge >= 0.3 is 0 Å². The average molecular weight is 175 g/mol. The van der Waals surface area contributed by atoms with Gasteiger partial charge in [0.2, 0.25) is 0 Å². The van der Waals surface area contributed by atoms with Gasteiger partial charge in [-0.1, -0.05) is 37.1 Å². The van der Waals surface area contributed by atoms with Crippen LogP contribution in [0.1, 0.15) is 34.1 Å². The fourth-order valence-corrected chi connectivity index (χ4v) is 1.94. The minimum atomic E-state index is 0.0583. The zero-order valence-electron chi connectivity index (χ0n) is 8.89. The highest BCUT2D eigenvalue weighted by Gasteiger charge is 2.23. The Balaban J connectivity index is 2.93. The van der Waals surface area contributed by atoms with E-state index in [0.717, 1.165) is 6.42 Å². The van der Waals surface area contributed by atoms with Gasteiger partial charge in [-0.15, -0.1) is 0 Å². The van der Waals surface area contributed by atoms with Crippen molar-refractivity contribution in [2.45, 2.75) is 34.1 Å². The van der Waals surface area contributed by atoms with Crippen molar-refractivity contribution in [2.75, 3.05) is 0 Å². The van der Waals surface area contributed by atoms with Crippen molar-refractivity contribution in [3.8, 4) is 6.07 Å². The molecule has 0 aromatic heterocycles. The first kappa shape index (κ1) is 10.1. The second-order valence-electron chi connectivity index (χ2n) is 4.62. The molecule has 0 aromatic carbocycles. The summed E-state index contributed by atoms with van der Waals surface area (Å²) < 4.78 is 0. The molecule has 0 aliphatic heterocycles. The highest BCUT2D eigenvalue weighted by Crippen LogP contribution is 2.35. The third kappa shape index (κ3) is 2.45. The quantitative estimate of drug-likeness (QED) is 0.598. The van der Waals surface area contributed by atoms with Gasteiger partial charge in [0, 0.05) is 0 Å². The fraction of sp³-hybridized carbons (Fsp3) is 0.583. The van der Waals surface area contributed by atoms with Gasteiger partial charge in [-0.25, -0.2) is 0 Å². The molecule has 0 spiro atoms. The van der Waals surface area contributed by atoms with Crippen molar-refractivity contribution in [3.05, 3.63) is 23.3 Å². The lowest BCUT2D eigenvalue weighted by Gasteiger charge is -2.28. The highest BCUT2D eigenvalue weighted by molar-refractivity contribution is 5.32. The Labute approximate surface area is 80.8 Å². The van der Waals surface area contributed by atoms with E-state index in [1.165, 1.54) is 11.1 Å². The van der Waals surface area contributed by atoms with Crippen molar-refractivity contribution in [2.24, 2.45) is 11.3 Å². The van der Waals surface area contributed by atoms with Crippen LogP contribution in [0.3, 0.4) is 0 Å². The van der Waals surface area contributed by atoms with Gasteiger partial charge in [-0.05, 0) is 25.7 Å². The highest BCUT2D eigenvalue weighted by atomic mass is 14.3. The Morgan fingerprint density at radius 2 is 2.15 bits per heavy atom. The Hall–Kier alpha value is -1.03. The van der Waals surface area contributed by atoms with Crippen LogP contribution in [0.15, 0.2) is 23.3 Å². The molecule has 0 saturated carbocycles. The smallest absolute Gasteiger partial charge is 0.0697 e. The van der Waals surface area contributed by atoms with E-state index in [-0.39, 0.29) is 11.3 Å². The lowest BCUT2D eigenvalue weighted by molar-refractivity contribution is 0.451. The third-order valence-electron chi connectivity index (χ3n) is 2.44. The molecule has 1 aliphatic carbocycles.